The molecule has 0 aromatic heterocycles. The Hall–Kier alpha value is -0.540. The quantitative estimate of drug-likeness (QED) is 0.569. The number of phenols is 1. The summed E-state index contributed by atoms with van der Waals surface area (Å²) in [5, 5.41) is 9.90. The van der Waals surface area contributed by atoms with Gasteiger partial charge < -0.3 is 5.11 Å². The molecule has 118 valence electrons. The minimum atomic E-state index is 0.0531. The summed E-state index contributed by atoms with van der Waals surface area (Å²) in [6, 6.07) is 5.44. The lowest BCUT2D eigenvalue weighted by Crippen LogP contribution is -2.54. The highest BCUT2D eigenvalue weighted by Gasteiger charge is 2.56. The molecule has 22 heavy (non-hydrogen) atoms. The molecule has 0 heterocycles. The summed E-state index contributed by atoms with van der Waals surface area (Å²) in [7, 11) is 0. The van der Waals surface area contributed by atoms with Crippen molar-refractivity contribution in [2.75, 3.05) is 6.54 Å². The summed E-state index contributed by atoms with van der Waals surface area (Å²) in [6.45, 7) is 0.848. The van der Waals surface area contributed by atoms with Crippen molar-refractivity contribution in [2.45, 2.75) is 43.4 Å². The molecule has 4 heteroatoms. The van der Waals surface area contributed by atoms with Crippen molar-refractivity contribution in [1.82, 2.24) is 0 Å². The van der Waals surface area contributed by atoms with E-state index in [2.05, 4.69) is 15.9 Å². The summed E-state index contributed by atoms with van der Waals surface area (Å²) in [4.78, 5) is 4.75. The van der Waals surface area contributed by atoms with Crippen molar-refractivity contribution in [2.24, 2.45) is 22.2 Å². The molecule has 2 nitrogen and oxygen atoms in total. The van der Waals surface area contributed by atoms with E-state index < -0.39 is 0 Å². The minimum absolute atomic E-state index is 0.0531. The molecule has 5 rings (SSSR count). The van der Waals surface area contributed by atoms with Crippen molar-refractivity contribution in [1.29, 1.82) is 0 Å². The van der Waals surface area contributed by atoms with E-state index >= 15 is 0 Å². The van der Waals surface area contributed by atoms with Gasteiger partial charge in [0, 0.05) is 27.7 Å². The van der Waals surface area contributed by atoms with Gasteiger partial charge >= 0.3 is 0 Å². The molecule has 2 atom stereocenters. The Balaban J connectivity index is 1.52. The van der Waals surface area contributed by atoms with Gasteiger partial charge in [0.15, 0.2) is 0 Å². The highest BCUT2D eigenvalue weighted by atomic mass is 79.9. The Morgan fingerprint density at radius 1 is 1.27 bits per heavy atom. The van der Waals surface area contributed by atoms with Gasteiger partial charge in [-0.25, -0.2) is 0 Å². The molecule has 0 aliphatic heterocycles. The van der Waals surface area contributed by atoms with E-state index in [-0.39, 0.29) is 10.6 Å². The van der Waals surface area contributed by atoms with E-state index in [9.17, 15) is 5.11 Å². The number of benzene rings is 1. The first kappa shape index (κ1) is 15.0. The smallest absolute Gasteiger partial charge is 0.124 e. The number of nitrogens with zero attached hydrogens (tertiary/aromatic N) is 1. The SMILES string of the molecule is Oc1ccc(Br)cc1C=NCC12C[C@H]3C[C@@H](CC(Cl)(C3)C1)C2. The van der Waals surface area contributed by atoms with Crippen LogP contribution in [0.1, 0.15) is 44.1 Å². The van der Waals surface area contributed by atoms with Crippen LogP contribution in [0.2, 0.25) is 0 Å². The van der Waals surface area contributed by atoms with Crippen LogP contribution in [0.25, 0.3) is 0 Å². The molecule has 4 aliphatic carbocycles. The monoisotopic (exact) mass is 381 g/mol. The van der Waals surface area contributed by atoms with Gasteiger partial charge in [-0.3, -0.25) is 4.99 Å². The molecular formula is C18H21BrClNO. The van der Waals surface area contributed by atoms with Crippen LogP contribution in [0.3, 0.4) is 0 Å². The number of hydrogen-bond donors (Lipinski definition) is 1. The lowest BCUT2D eigenvalue weighted by Gasteiger charge is -2.59. The Morgan fingerprint density at radius 2 is 2.00 bits per heavy atom. The molecule has 4 fully saturated rings. The second-order valence-electron chi connectivity index (χ2n) is 7.78. The standard InChI is InChI=1S/C18H21BrClNO/c19-15-1-2-16(22)14(4-15)9-21-11-17-5-12-3-13(6-17)8-18(20,7-12)10-17/h1-2,4,9,12-13,22H,3,5-8,10-11H2/t12-,13-,17?,18?/m1/s1. The first-order chi connectivity index (χ1) is 10.5. The lowest BCUT2D eigenvalue weighted by molar-refractivity contribution is -0.0336. The summed E-state index contributed by atoms with van der Waals surface area (Å²) in [5.74, 6) is 1.91. The van der Waals surface area contributed by atoms with E-state index in [0.29, 0.717) is 5.41 Å². The van der Waals surface area contributed by atoms with Crippen molar-refractivity contribution < 1.29 is 5.11 Å². The number of rotatable bonds is 3. The van der Waals surface area contributed by atoms with Crippen molar-refractivity contribution in [3.63, 3.8) is 0 Å². The van der Waals surface area contributed by atoms with Gasteiger partial charge in [-0.15, -0.1) is 11.6 Å². The van der Waals surface area contributed by atoms with Gasteiger partial charge in [0.2, 0.25) is 0 Å². The topological polar surface area (TPSA) is 32.6 Å². The van der Waals surface area contributed by atoms with Gasteiger partial charge in [-0.05, 0) is 74.0 Å². The average molecular weight is 383 g/mol. The normalized spacial score (nSPS) is 39.7. The Bertz CT molecular complexity index is 616. The molecule has 0 radical (unpaired) electrons. The fourth-order valence-corrected chi connectivity index (χ4v) is 6.59. The zero-order valence-electron chi connectivity index (χ0n) is 12.6. The van der Waals surface area contributed by atoms with Crippen LogP contribution in [-0.2, 0) is 0 Å². The third kappa shape index (κ3) is 2.71. The molecule has 4 aliphatic rings. The molecule has 4 saturated carbocycles. The molecule has 0 saturated heterocycles. The molecule has 0 amide bonds. The van der Waals surface area contributed by atoms with E-state index in [4.69, 9.17) is 16.6 Å². The molecule has 1 N–H and O–H groups in total. The maximum Gasteiger partial charge on any atom is 0.124 e. The number of hydrogen-bond acceptors (Lipinski definition) is 2. The molecule has 1 aromatic carbocycles. The molecule has 0 spiro atoms. The van der Waals surface area contributed by atoms with E-state index in [1.807, 2.05) is 18.3 Å². The first-order valence-electron chi connectivity index (χ1n) is 8.13. The van der Waals surface area contributed by atoms with Crippen LogP contribution in [0.4, 0.5) is 0 Å². The van der Waals surface area contributed by atoms with Crippen LogP contribution in [0, 0.1) is 17.3 Å². The maximum atomic E-state index is 9.90. The van der Waals surface area contributed by atoms with Gasteiger partial charge in [-0.2, -0.15) is 0 Å². The van der Waals surface area contributed by atoms with Crippen LogP contribution < -0.4 is 0 Å². The van der Waals surface area contributed by atoms with Crippen LogP contribution in [-0.4, -0.2) is 22.7 Å². The van der Waals surface area contributed by atoms with Gasteiger partial charge in [-0.1, -0.05) is 15.9 Å². The van der Waals surface area contributed by atoms with Crippen LogP contribution in [0.5, 0.6) is 5.75 Å². The summed E-state index contributed by atoms with van der Waals surface area (Å²) >= 11 is 10.3. The van der Waals surface area contributed by atoms with Gasteiger partial charge in [0.1, 0.15) is 5.75 Å². The number of halogens is 2. The highest BCUT2D eigenvalue weighted by molar-refractivity contribution is 9.10. The van der Waals surface area contributed by atoms with E-state index in [0.717, 1.165) is 34.8 Å². The van der Waals surface area contributed by atoms with E-state index in [1.54, 1.807) is 6.07 Å². The largest absolute Gasteiger partial charge is 0.507 e. The second-order valence-corrected chi connectivity index (χ2v) is 9.50. The zero-order valence-corrected chi connectivity index (χ0v) is 14.9. The molecular weight excluding hydrogens is 362 g/mol. The van der Waals surface area contributed by atoms with Crippen molar-refractivity contribution in [3.05, 3.63) is 28.2 Å². The van der Waals surface area contributed by atoms with Crippen LogP contribution in [0.15, 0.2) is 27.7 Å². The molecule has 1 aromatic rings. The average Bonchev–Trinajstić information content (AvgIpc) is 2.39. The summed E-state index contributed by atoms with van der Waals surface area (Å²) in [6.07, 6.45) is 9.33. The molecule has 4 bridgehead atoms. The number of phenolic OH excluding ortho intramolecular Hbond substituents is 1. The first-order valence-corrected chi connectivity index (χ1v) is 9.30. The molecule has 0 unspecified atom stereocenters. The van der Waals surface area contributed by atoms with Crippen molar-refractivity contribution in [3.8, 4) is 5.75 Å². The lowest BCUT2D eigenvalue weighted by atomic mass is 9.49. The third-order valence-corrected chi connectivity index (χ3v) is 6.69. The predicted molar refractivity (Wildman–Crippen MR) is 94.0 cm³/mol. The Morgan fingerprint density at radius 3 is 2.68 bits per heavy atom. The number of aromatic hydroxyl groups is 1. The van der Waals surface area contributed by atoms with Gasteiger partial charge in [0.25, 0.3) is 0 Å². The van der Waals surface area contributed by atoms with E-state index in [1.165, 1.54) is 32.1 Å². The number of aliphatic imine (C=N–C) groups is 1. The predicted octanol–water partition coefficient (Wildman–Crippen LogP) is 5.15. The van der Waals surface area contributed by atoms with Gasteiger partial charge in [0.05, 0.1) is 0 Å². The zero-order chi connectivity index (χ0) is 15.4. The second kappa shape index (κ2) is 5.24. The highest BCUT2D eigenvalue weighted by Crippen LogP contribution is 2.63. The Kier molecular flexibility index (Phi) is 3.58. The number of alkyl halides is 1. The maximum absolute atomic E-state index is 9.90. The third-order valence-electron chi connectivity index (χ3n) is 5.76. The van der Waals surface area contributed by atoms with Crippen LogP contribution >= 0.6 is 27.5 Å². The fourth-order valence-electron chi connectivity index (χ4n) is 5.49. The Labute approximate surface area is 145 Å². The minimum Gasteiger partial charge on any atom is -0.507 e. The van der Waals surface area contributed by atoms with Crippen molar-refractivity contribution >= 4 is 33.7 Å². The fraction of sp³-hybridized carbons (Fsp3) is 0.611. The summed E-state index contributed by atoms with van der Waals surface area (Å²) in [5.41, 5.74) is 1.09. The summed E-state index contributed by atoms with van der Waals surface area (Å²) < 4.78 is 0.960.